The number of aldehydes is 1. The number of carbonyl (C=O) groups is 2. The number of amides is 1. The summed E-state index contributed by atoms with van der Waals surface area (Å²) in [6, 6.07) is -0.150. The van der Waals surface area contributed by atoms with Gasteiger partial charge >= 0.3 is 0 Å². The number of nitrogens with zero attached hydrogens (tertiary/aromatic N) is 1. The van der Waals surface area contributed by atoms with E-state index in [9.17, 15) is 9.59 Å². The lowest BCUT2D eigenvalue weighted by Crippen LogP contribution is -2.68. The first-order valence-electron chi connectivity index (χ1n) is 4.99. The Balaban J connectivity index is 2.92. The maximum Gasteiger partial charge on any atom is 0.217 e. The molecule has 14 heavy (non-hydrogen) atoms. The molecule has 0 aromatic carbocycles. The molecule has 0 aromatic heterocycles. The minimum absolute atomic E-state index is 0.115. The lowest BCUT2D eigenvalue weighted by Gasteiger charge is -2.53. The fourth-order valence-electron chi connectivity index (χ4n) is 1.64. The van der Waals surface area contributed by atoms with Crippen molar-refractivity contribution in [3.05, 3.63) is 0 Å². The van der Waals surface area contributed by atoms with Gasteiger partial charge in [-0.2, -0.15) is 0 Å². The fraction of sp³-hybridized carbons (Fsp3) is 0.800. The van der Waals surface area contributed by atoms with Crippen LogP contribution in [-0.4, -0.2) is 31.0 Å². The SMILES string of the molecule is CC(C)(C)[Si](C)(C)N1C(=O)C[C@@H]1C=O. The van der Waals surface area contributed by atoms with Crippen molar-refractivity contribution in [2.24, 2.45) is 0 Å². The summed E-state index contributed by atoms with van der Waals surface area (Å²) in [5, 5.41) is 0.115. The van der Waals surface area contributed by atoms with Gasteiger partial charge in [0.1, 0.15) is 6.29 Å². The third-order valence-electron chi connectivity index (χ3n) is 3.58. The van der Waals surface area contributed by atoms with Gasteiger partial charge in [0.25, 0.3) is 0 Å². The Morgan fingerprint density at radius 3 is 2.21 bits per heavy atom. The van der Waals surface area contributed by atoms with E-state index in [4.69, 9.17) is 0 Å². The molecule has 1 atom stereocenters. The minimum Gasteiger partial charge on any atom is -0.359 e. The van der Waals surface area contributed by atoms with Crippen LogP contribution in [0, 0.1) is 0 Å². The average Bonchev–Trinajstić information content (AvgIpc) is 1.96. The second kappa shape index (κ2) is 3.19. The fourth-order valence-corrected chi connectivity index (χ4v) is 4.06. The normalized spacial score (nSPS) is 23.4. The van der Waals surface area contributed by atoms with E-state index in [1.165, 1.54) is 0 Å². The molecular formula is C10H19NO2Si. The van der Waals surface area contributed by atoms with Gasteiger partial charge in [-0.15, -0.1) is 0 Å². The van der Waals surface area contributed by atoms with E-state index in [1.807, 2.05) is 4.57 Å². The predicted octanol–water partition coefficient (Wildman–Crippen LogP) is 1.79. The first-order chi connectivity index (χ1) is 6.21. The molecule has 3 nitrogen and oxygen atoms in total. The third-order valence-corrected chi connectivity index (χ3v) is 9.04. The number of hydrogen-bond acceptors (Lipinski definition) is 2. The Morgan fingerprint density at radius 2 is 1.93 bits per heavy atom. The second-order valence-corrected chi connectivity index (χ2v) is 10.6. The van der Waals surface area contributed by atoms with Crippen LogP contribution in [0.1, 0.15) is 27.2 Å². The Morgan fingerprint density at radius 1 is 1.43 bits per heavy atom. The zero-order valence-electron chi connectivity index (χ0n) is 9.63. The molecule has 0 radical (unpaired) electrons. The molecule has 1 aliphatic rings. The molecule has 0 aliphatic carbocycles. The number of rotatable bonds is 2. The van der Waals surface area contributed by atoms with Crippen molar-refractivity contribution in [2.45, 2.75) is 51.4 Å². The highest BCUT2D eigenvalue weighted by Crippen LogP contribution is 2.42. The summed E-state index contributed by atoms with van der Waals surface area (Å²) in [6.45, 7) is 10.7. The second-order valence-electron chi connectivity index (χ2n) is 5.48. The van der Waals surface area contributed by atoms with Crippen LogP contribution in [0.5, 0.6) is 0 Å². The zero-order valence-corrected chi connectivity index (χ0v) is 10.6. The van der Waals surface area contributed by atoms with Crippen LogP contribution in [0.2, 0.25) is 18.1 Å². The molecule has 80 valence electrons. The highest BCUT2D eigenvalue weighted by atomic mass is 28.3. The number of β-lactam (4-membered cyclic amide) rings is 1. The lowest BCUT2D eigenvalue weighted by atomic mass is 10.1. The largest absolute Gasteiger partial charge is 0.359 e. The van der Waals surface area contributed by atoms with Crippen LogP contribution >= 0.6 is 0 Å². The quantitative estimate of drug-likeness (QED) is 0.398. The molecule has 1 heterocycles. The van der Waals surface area contributed by atoms with Gasteiger partial charge in [0.15, 0.2) is 8.24 Å². The molecule has 1 rings (SSSR count). The van der Waals surface area contributed by atoms with Crippen LogP contribution in [0.3, 0.4) is 0 Å². The summed E-state index contributed by atoms with van der Waals surface area (Å²) in [5.41, 5.74) is 0. The first-order valence-corrected chi connectivity index (χ1v) is 7.94. The van der Waals surface area contributed by atoms with Gasteiger partial charge < -0.3 is 9.36 Å². The van der Waals surface area contributed by atoms with Gasteiger partial charge in [-0.3, -0.25) is 4.79 Å². The van der Waals surface area contributed by atoms with Gasteiger partial charge in [-0.1, -0.05) is 33.9 Å². The summed E-state index contributed by atoms with van der Waals surface area (Å²) < 4.78 is 1.85. The smallest absolute Gasteiger partial charge is 0.217 e. The summed E-state index contributed by atoms with van der Waals surface area (Å²) in [5.74, 6) is 0.147. The van der Waals surface area contributed by atoms with Crippen LogP contribution < -0.4 is 0 Å². The molecule has 0 saturated carbocycles. The van der Waals surface area contributed by atoms with Crippen LogP contribution in [0.15, 0.2) is 0 Å². The van der Waals surface area contributed by atoms with E-state index in [-0.39, 0.29) is 17.0 Å². The van der Waals surface area contributed by atoms with Crippen LogP contribution in [-0.2, 0) is 9.59 Å². The molecule has 1 saturated heterocycles. The minimum atomic E-state index is -1.82. The maximum atomic E-state index is 11.5. The lowest BCUT2D eigenvalue weighted by molar-refractivity contribution is -0.142. The van der Waals surface area contributed by atoms with Gasteiger partial charge in [-0.25, -0.2) is 0 Å². The molecule has 4 heteroatoms. The number of carbonyl (C=O) groups excluding carboxylic acids is 2. The summed E-state index contributed by atoms with van der Waals surface area (Å²) >= 11 is 0. The Labute approximate surface area is 86.6 Å². The van der Waals surface area contributed by atoms with E-state index in [2.05, 4.69) is 33.9 Å². The van der Waals surface area contributed by atoms with E-state index >= 15 is 0 Å². The van der Waals surface area contributed by atoms with Crippen molar-refractivity contribution in [1.29, 1.82) is 0 Å². The van der Waals surface area contributed by atoms with E-state index < -0.39 is 8.24 Å². The highest BCUT2D eigenvalue weighted by Gasteiger charge is 2.51. The number of hydrogen-bond donors (Lipinski definition) is 0. The Bertz CT molecular complexity index is 268. The van der Waals surface area contributed by atoms with Crippen molar-refractivity contribution >= 4 is 20.4 Å². The van der Waals surface area contributed by atoms with Crippen molar-refractivity contribution < 1.29 is 9.59 Å². The van der Waals surface area contributed by atoms with Crippen LogP contribution in [0.4, 0.5) is 0 Å². The van der Waals surface area contributed by atoms with Crippen molar-refractivity contribution in [3.63, 3.8) is 0 Å². The van der Waals surface area contributed by atoms with Crippen LogP contribution in [0.25, 0.3) is 0 Å². The molecule has 1 amide bonds. The topological polar surface area (TPSA) is 37.4 Å². The first kappa shape index (κ1) is 11.4. The molecular weight excluding hydrogens is 194 g/mol. The third kappa shape index (κ3) is 1.51. The monoisotopic (exact) mass is 213 g/mol. The molecule has 0 spiro atoms. The van der Waals surface area contributed by atoms with Gasteiger partial charge in [-0.05, 0) is 5.04 Å². The molecule has 0 unspecified atom stereocenters. The molecule has 0 N–H and O–H groups in total. The molecule has 1 fully saturated rings. The predicted molar refractivity (Wildman–Crippen MR) is 58.5 cm³/mol. The highest BCUT2D eigenvalue weighted by molar-refractivity contribution is 6.80. The summed E-state index contributed by atoms with van der Waals surface area (Å²) in [7, 11) is -1.82. The van der Waals surface area contributed by atoms with E-state index in [0.717, 1.165) is 6.29 Å². The Kier molecular flexibility index (Phi) is 2.60. The van der Waals surface area contributed by atoms with Crippen molar-refractivity contribution in [3.8, 4) is 0 Å². The van der Waals surface area contributed by atoms with E-state index in [0.29, 0.717) is 6.42 Å². The van der Waals surface area contributed by atoms with Crippen molar-refractivity contribution in [1.82, 2.24) is 4.57 Å². The average molecular weight is 213 g/mol. The van der Waals surface area contributed by atoms with Gasteiger partial charge in [0.2, 0.25) is 5.91 Å². The molecule has 1 aliphatic heterocycles. The standard InChI is InChI=1S/C10H19NO2Si/c1-10(2,3)14(4,5)11-8(7-12)6-9(11)13/h7-8H,6H2,1-5H3/t8-/m1/s1. The maximum absolute atomic E-state index is 11.5. The van der Waals surface area contributed by atoms with Gasteiger partial charge in [0.05, 0.1) is 12.5 Å². The zero-order chi connectivity index (χ0) is 11.1. The molecule has 0 aromatic rings. The van der Waals surface area contributed by atoms with Crippen molar-refractivity contribution in [2.75, 3.05) is 0 Å². The van der Waals surface area contributed by atoms with Gasteiger partial charge in [0, 0.05) is 0 Å². The molecule has 0 bridgehead atoms. The van der Waals surface area contributed by atoms with E-state index in [1.54, 1.807) is 0 Å². The summed E-state index contributed by atoms with van der Waals surface area (Å²) in [6.07, 6.45) is 1.32. The summed E-state index contributed by atoms with van der Waals surface area (Å²) in [4.78, 5) is 22.2. The Hall–Kier alpha value is -0.643.